The molecule has 0 N–H and O–H groups in total. The topological polar surface area (TPSA) is 121 Å². The average Bonchev–Trinajstić information content (AvgIpc) is 3.89. The molecular formula is C30H24N2O7. The molecule has 2 aliphatic rings. The van der Waals surface area contributed by atoms with Crippen LogP contribution in [-0.2, 0) is 25.7 Å². The van der Waals surface area contributed by atoms with Crippen molar-refractivity contribution in [2.75, 3.05) is 13.2 Å². The minimum absolute atomic E-state index is 0.0176. The van der Waals surface area contributed by atoms with E-state index in [1.165, 1.54) is 0 Å². The summed E-state index contributed by atoms with van der Waals surface area (Å²) < 4.78 is 17.5. The Hall–Kier alpha value is -4.44. The van der Waals surface area contributed by atoms with Crippen molar-refractivity contribution < 1.29 is 24.1 Å². The van der Waals surface area contributed by atoms with Crippen LogP contribution in [0.15, 0.2) is 109 Å². The van der Waals surface area contributed by atoms with E-state index in [-0.39, 0.29) is 24.3 Å². The van der Waals surface area contributed by atoms with E-state index in [1.54, 1.807) is 48.5 Å². The summed E-state index contributed by atoms with van der Waals surface area (Å²) in [6.45, 7) is 0.0352. The molecule has 39 heavy (non-hydrogen) atoms. The Balaban J connectivity index is 1.60. The second-order valence-corrected chi connectivity index (χ2v) is 9.48. The van der Waals surface area contributed by atoms with E-state index in [9.17, 15) is 20.2 Å². The summed E-state index contributed by atoms with van der Waals surface area (Å²) in [5, 5.41) is 26.3. The second kappa shape index (κ2) is 9.70. The summed E-state index contributed by atoms with van der Waals surface area (Å²) in [6.07, 6.45) is -2.08. The van der Waals surface area contributed by atoms with Crippen molar-refractivity contribution in [1.29, 1.82) is 0 Å². The second-order valence-electron chi connectivity index (χ2n) is 9.48. The monoisotopic (exact) mass is 524 g/mol. The molecule has 0 saturated carbocycles. The Morgan fingerprint density at radius 2 is 0.923 bits per heavy atom. The van der Waals surface area contributed by atoms with Gasteiger partial charge in [0.15, 0.2) is 12.2 Å². The van der Waals surface area contributed by atoms with Gasteiger partial charge >= 0.3 is 11.4 Å². The van der Waals surface area contributed by atoms with Crippen LogP contribution < -0.4 is 0 Å². The van der Waals surface area contributed by atoms with Gasteiger partial charge in [-0.15, -0.1) is 0 Å². The maximum atomic E-state index is 13.2. The fraction of sp³-hybridized carbons (Fsp3) is 0.200. The number of hydrogen-bond donors (Lipinski definition) is 0. The smallest absolute Gasteiger partial charge is 0.362 e. The zero-order valence-electron chi connectivity index (χ0n) is 20.7. The number of rotatable bonds is 10. The van der Waals surface area contributed by atoms with Gasteiger partial charge in [0, 0.05) is 0 Å². The molecule has 4 aromatic rings. The summed E-state index contributed by atoms with van der Waals surface area (Å²) in [5.74, 6) is 0. The van der Waals surface area contributed by atoms with Gasteiger partial charge in [-0.1, -0.05) is 97.1 Å². The van der Waals surface area contributed by atoms with Crippen LogP contribution in [0.3, 0.4) is 0 Å². The van der Waals surface area contributed by atoms with Crippen LogP contribution in [0.2, 0.25) is 0 Å². The summed E-state index contributed by atoms with van der Waals surface area (Å²) in [5.41, 5.74) is -1.97. The van der Waals surface area contributed by atoms with Gasteiger partial charge in [-0.25, -0.2) is 4.74 Å². The molecule has 4 atom stereocenters. The number of epoxide rings is 2. The van der Waals surface area contributed by atoms with E-state index in [1.807, 2.05) is 60.7 Å². The SMILES string of the molecule is O=[N+]([O-])C(OC(c1ccccc1-c1ccccc1)(C1CO1)[N+](=O)[O-])(c1ccccc1-c1ccccc1)C1CO1. The maximum absolute atomic E-state index is 13.2. The first-order valence-electron chi connectivity index (χ1n) is 12.5. The number of ether oxygens (including phenoxy) is 3. The third-order valence-corrected chi connectivity index (χ3v) is 7.19. The molecule has 0 amide bonds. The molecule has 9 nitrogen and oxygen atoms in total. The van der Waals surface area contributed by atoms with Crippen LogP contribution in [0.4, 0.5) is 0 Å². The standard InChI is InChI=1S/C30H24N2O7/c33-31(34)29(27-19-37-27,25-17-9-7-15-23(25)21-11-3-1-4-12-21)39-30(32(35)36,28-20-38-28)26-18-10-8-16-24(26)22-13-5-2-6-14-22/h1-18,27-28H,19-20H2. The molecule has 6 rings (SSSR count). The predicted octanol–water partition coefficient (Wildman–Crippen LogP) is 5.39. The van der Waals surface area contributed by atoms with Gasteiger partial charge in [0.05, 0.1) is 34.2 Å². The van der Waals surface area contributed by atoms with Crippen molar-refractivity contribution in [1.82, 2.24) is 0 Å². The number of nitrogens with zero attached hydrogens (tertiary/aromatic N) is 2. The molecule has 0 spiro atoms. The van der Waals surface area contributed by atoms with Gasteiger partial charge in [-0.2, -0.15) is 0 Å². The van der Waals surface area contributed by atoms with Crippen molar-refractivity contribution in [2.24, 2.45) is 0 Å². The van der Waals surface area contributed by atoms with E-state index in [0.717, 1.165) is 0 Å². The Morgan fingerprint density at radius 1 is 0.590 bits per heavy atom. The summed E-state index contributed by atoms with van der Waals surface area (Å²) >= 11 is 0. The fourth-order valence-corrected chi connectivity index (χ4v) is 5.21. The lowest BCUT2D eigenvalue weighted by atomic mass is 9.87. The minimum atomic E-state index is -2.39. The normalized spacial score (nSPS) is 20.8. The Bertz CT molecular complexity index is 1410. The van der Waals surface area contributed by atoms with Gasteiger partial charge < -0.3 is 9.47 Å². The molecule has 2 fully saturated rings. The van der Waals surface area contributed by atoms with Crippen molar-refractivity contribution in [3.05, 3.63) is 141 Å². The van der Waals surface area contributed by atoms with Crippen LogP contribution in [0.1, 0.15) is 11.1 Å². The Labute approximate surface area is 223 Å². The van der Waals surface area contributed by atoms with E-state index in [2.05, 4.69) is 0 Å². The Morgan fingerprint density at radius 3 is 1.26 bits per heavy atom. The zero-order chi connectivity index (χ0) is 27.0. The van der Waals surface area contributed by atoms with E-state index in [0.29, 0.717) is 22.3 Å². The van der Waals surface area contributed by atoms with Gasteiger partial charge in [0.25, 0.3) is 0 Å². The minimum Gasteiger partial charge on any atom is -0.362 e. The molecule has 196 valence electrons. The summed E-state index contributed by atoms with van der Waals surface area (Å²) in [7, 11) is 0. The average molecular weight is 525 g/mol. The van der Waals surface area contributed by atoms with Gasteiger partial charge in [0.2, 0.25) is 0 Å². The lowest BCUT2D eigenvalue weighted by Crippen LogP contribution is -2.55. The van der Waals surface area contributed by atoms with Crippen molar-refractivity contribution in [2.45, 2.75) is 23.7 Å². The molecule has 2 aliphatic heterocycles. The lowest BCUT2D eigenvalue weighted by molar-refractivity contribution is -0.730. The fourth-order valence-electron chi connectivity index (χ4n) is 5.21. The van der Waals surface area contributed by atoms with Crippen molar-refractivity contribution >= 4 is 0 Å². The third-order valence-electron chi connectivity index (χ3n) is 7.19. The first-order valence-corrected chi connectivity index (χ1v) is 12.5. The molecule has 4 unspecified atom stereocenters. The summed E-state index contributed by atoms with van der Waals surface area (Å²) in [6, 6.07) is 31.8. The third kappa shape index (κ3) is 4.17. The molecule has 2 saturated heterocycles. The van der Waals surface area contributed by atoms with Gasteiger partial charge in [0.1, 0.15) is 0 Å². The number of benzene rings is 4. The largest absolute Gasteiger partial charge is 0.385 e. The van der Waals surface area contributed by atoms with E-state index >= 15 is 0 Å². The highest BCUT2D eigenvalue weighted by molar-refractivity contribution is 5.70. The van der Waals surface area contributed by atoms with Crippen molar-refractivity contribution in [3.63, 3.8) is 0 Å². The first kappa shape index (κ1) is 24.9. The molecule has 9 heteroatoms. The predicted molar refractivity (Wildman–Crippen MR) is 142 cm³/mol. The van der Waals surface area contributed by atoms with Gasteiger partial charge in [-0.3, -0.25) is 20.2 Å². The maximum Gasteiger partial charge on any atom is 0.385 e. The molecule has 0 aromatic heterocycles. The molecule has 4 aromatic carbocycles. The van der Waals surface area contributed by atoms with Crippen LogP contribution >= 0.6 is 0 Å². The molecule has 0 bridgehead atoms. The van der Waals surface area contributed by atoms with E-state index < -0.39 is 33.5 Å². The highest BCUT2D eigenvalue weighted by atomic mass is 16.8. The number of hydrogen-bond acceptors (Lipinski definition) is 7. The molecule has 0 aliphatic carbocycles. The molecule has 0 radical (unpaired) electrons. The highest BCUT2D eigenvalue weighted by Gasteiger charge is 2.73. The van der Waals surface area contributed by atoms with Crippen LogP contribution in [0.5, 0.6) is 0 Å². The van der Waals surface area contributed by atoms with Crippen LogP contribution in [-0.4, -0.2) is 35.3 Å². The first-order chi connectivity index (χ1) is 19.0. The van der Waals surface area contributed by atoms with E-state index in [4.69, 9.17) is 14.2 Å². The quantitative estimate of drug-likeness (QED) is 0.118. The number of nitro groups is 2. The molecule has 2 heterocycles. The zero-order valence-corrected chi connectivity index (χ0v) is 20.7. The van der Waals surface area contributed by atoms with Crippen LogP contribution in [0, 0.1) is 20.2 Å². The Kier molecular flexibility index (Phi) is 6.19. The highest BCUT2D eigenvalue weighted by Crippen LogP contribution is 2.52. The summed E-state index contributed by atoms with van der Waals surface area (Å²) in [4.78, 5) is 25.1. The lowest BCUT2D eigenvalue weighted by Gasteiger charge is -2.33. The van der Waals surface area contributed by atoms with Crippen molar-refractivity contribution in [3.8, 4) is 22.3 Å². The van der Waals surface area contributed by atoms with Crippen LogP contribution in [0.25, 0.3) is 22.3 Å². The van der Waals surface area contributed by atoms with Gasteiger partial charge in [-0.05, 0) is 34.4 Å². The molecular weight excluding hydrogens is 500 g/mol.